The molecule has 1 saturated heterocycles. The molecule has 0 aliphatic carbocycles. The van der Waals surface area contributed by atoms with E-state index in [0.717, 1.165) is 42.0 Å². The molecule has 1 amide bonds. The summed E-state index contributed by atoms with van der Waals surface area (Å²) in [5.41, 5.74) is 1.73. The fraction of sp³-hybridized carbons (Fsp3) is 0.333. The number of rotatable bonds is 2. The van der Waals surface area contributed by atoms with Crippen molar-refractivity contribution >= 4 is 21.8 Å². The zero-order chi connectivity index (χ0) is 14.8. The Kier molecular flexibility index (Phi) is 4.07. The van der Waals surface area contributed by atoms with E-state index in [1.807, 2.05) is 39.9 Å². The highest BCUT2D eigenvalue weighted by Crippen LogP contribution is 2.15. The van der Waals surface area contributed by atoms with Crippen LogP contribution in [0.15, 0.2) is 41.4 Å². The van der Waals surface area contributed by atoms with Gasteiger partial charge < -0.3 is 14.4 Å². The zero-order valence-corrected chi connectivity index (χ0v) is 13.5. The highest BCUT2D eigenvalue weighted by atomic mass is 79.9. The molecule has 1 aromatic carbocycles. The van der Waals surface area contributed by atoms with Crippen molar-refractivity contribution in [2.24, 2.45) is 0 Å². The second-order valence-corrected chi connectivity index (χ2v) is 6.06. The minimum Gasteiger partial charge on any atom is -0.336 e. The number of likely N-dealkylation sites (N-methyl/N-ethyl adjacent to an activating group) is 1. The zero-order valence-electron chi connectivity index (χ0n) is 11.9. The number of aromatic nitrogens is 2. The molecule has 1 aliphatic rings. The maximum absolute atomic E-state index is 12.4. The Morgan fingerprint density at radius 3 is 2.38 bits per heavy atom. The molecule has 110 valence electrons. The Morgan fingerprint density at radius 2 is 1.81 bits per heavy atom. The molecule has 0 bridgehead atoms. The SMILES string of the molecule is CN1CCN(C(=O)c2ccc(-n3cnc(Br)c3)cc2)CC1. The number of carbonyl (C=O) groups excluding carboxylic acids is 1. The third kappa shape index (κ3) is 3.16. The summed E-state index contributed by atoms with van der Waals surface area (Å²) in [7, 11) is 2.08. The van der Waals surface area contributed by atoms with E-state index in [-0.39, 0.29) is 5.91 Å². The molecule has 0 spiro atoms. The van der Waals surface area contributed by atoms with Gasteiger partial charge in [-0.1, -0.05) is 0 Å². The largest absolute Gasteiger partial charge is 0.336 e. The molecular weight excluding hydrogens is 332 g/mol. The second-order valence-electron chi connectivity index (χ2n) is 5.25. The Bertz CT molecular complexity index is 629. The monoisotopic (exact) mass is 348 g/mol. The molecule has 0 atom stereocenters. The lowest BCUT2D eigenvalue weighted by Crippen LogP contribution is -2.47. The predicted molar refractivity (Wildman–Crippen MR) is 84.7 cm³/mol. The number of carbonyl (C=O) groups is 1. The van der Waals surface area contributed by atoms with Gasteiger partial charge in [-0.2, -0.15) is 0 Å². The summed E-state index contributed by atoms with van der Waals surface area (Å²) >= 11 is 3.33. The highest BCUT2D eigenvalue weighted by Gasteiger charge is 2.20. The lowest BCUT2D eigenvalue weighted by Gasteiger charge is -2.32. The van der Waals surface area contributed by atoms with E-state index in [1.54, 1.807) is 6.33 Å². The van der Waals surface area contributed by atoms with Crippen molar-refractivity contribution in [3.8, 4) is 5.69 Å². The summed E-state index contributed by atoms with van der Waals surface area (Å²) in [5.74, 6) is 0.112. The van der Waals surface area contributed by atoms with E-state index >= 15 is 0 Å². The fourth-order valence-corrected chi connectivity index (χ4v) is 2.72. The van der Waals surface area contributed by atoms with Crippen molar-refractivity contribution in [3.63, 3.8) is 0 Å². The van der Waals surface area contributed by atoms with E-state index in [9.17, 15) is 4.79 Å². The molecule has 3 rings (SSSR count). The Morgan fingerprint density at radius 1 is 1.14 bits per heavy atom. The van der Waals surface area contributed by atoms with Gasteiger partial charge in [0.1, 0.15) is 10.9 Å². The third-order valence-electron chi connectivity index (χ3n) is 3.75. The topological polar surface area (TPSA) is 41.4 Å². The standard InChI is InChI=1S/C15H17BrN4O/c1-18-6-8-19(9-7-18)15(21)12-2-4-13(5-3-12)20-10-14(16)17-11-20/h2-5,10-11H,6-9H2,1H3. The maximum atomic E-state index is 12.4. The summed E-state index contributed by atoms with van der Waals surface area (Å²) in [5, 5.41) is 0. The predicted octanol–water partition coefficient (Wildman–Crippen LogP) is 2.02. The number of nitrogens with zero attached hydrogens (tertiary/aromatic N) is 4. The minimum atomic E-state index is 0.112. The number of hydrogen-bond donors (Lipinski definition) is 0. The van der Waals surface area contributed by atoms with Gasteiger partial charge in [-0.25, -0.2) is 4.98 Å². The molecule has 2 aromatic rings. The lowest BCUT2D eigenvalue weighted by atomic mass is 10.1. The van der Waals surface area contributed by atoms with Gasteiger partial charge in [-0.15, -0.1) is 0 Å². The molecule has 6 heteroatoms. The number of halogens is 1. The van der Waals surface area contributed by atoms with Crippen LogP contribution < -0.4 is 0 Å². The van der Waals surface area contributed by atoms with Gasteiger partial charge in [0.2, 0.25) is 0 Å². The van der Waals surface area contributed by atoms with Crippen molar-refractivity contribution < 1.29 is 4.79 Å². The Balaban J connectivity index is 1.73. The molecule has 1 aromatic heterocycles. The van der Waals surface area contributed by atoms with Gasteiger partial charge in [0.15, 0.2) is 0 Å². The van der Waals surface area contributed by atoms with E-state index < -0.39 is 0 Å². The van der Waals surface area contributed by atoms with Crippen LogP contribution in [0.1, 0.15) is 10.4 Å². The van der Waals surface area contributed by atoms with E-state index in [0.29, 0.717) is 0 Å². The molecule has 5 nitrogen and oxygen atoms in total. The number of benzene rings is 1. The van der Waals surface area contributed by atoms with E-state index in [2.05, 4.69) is 32.9 Å². The van der Waals surface area contributed by atoms with Crippen molar-refractivity contribution in [3.05, 3.63) is 47.0 Å². The first-order chi connectivity index (χ1) is 10.1. The van der Waals surface area contributed by atoms with Crippen molar-refractivity contribution in [1.29, 1.82) is 0 Å². The lowest BCUT2D eigenvalue weighted by molar-refractivity contribution is 0.0664. The molecule has 0 saturated carbocycles. The fourth-order valence-electron chi connectivity index (χ4n) is 2.41. The third-order valence-corrected chi connectivity index (χ3v) is 4.16. The first-order valence-corrected chi connectivity index (χ1v) is 7.70. The van der Waals surface area contributed by atoms with Gasteiger partial charge in [-0.3, -0.25) is 4.79 Å². The summed E-state index contributed by atoms with van der Waals surface area (Å²) in [6.07, 6.45) is 3.62. The van der Waals surface area contributed by atoms with Gasteiger partial charge in [0.25, 0.3) is 5.91 Å². The number of hydrogen-bond acceptors (Lipinski definition) is 3. The number of imidazole rings is 1. The summed E-state index contributed by atoms with van der Waals surface area (Å²) < 4.78 is 2.70. The van der Waals surface area contributed by atoms with Crippen LogP contribution in [0, 0.1) is 0 Å². The first-order valence-electron chi connectivity index (χ1n) is 6.91. The normalized spacial score (nSPS) is 16.2. The minimum absolute atomic E-state index is 0.112. The van der Waals surface area contributed by atoms with Crippen LogP contribution in [0.4, 0.5) is 0 Å². The Labute approximate surface area is 132 Å². The molecule has 1 aliphatic heterocycles. The quantitative estimate of drug-likeness (QED) is 0.833. The summed E-state index contributed by atoms with van der Waals surface area (Å²) in [6.45, 7) is 3.47. The van der Waals surface area contributed by atoms with Gasteiger partial charge in [0.05, 0.1) is 0 Å². The average Bonchev–Trinajstić information content (AvgIpc) is 2.94. The smallest absolute Gasteiger partial charge is 0.253 e. The number of amides is 1. The van der Waals surface area contributed by atoms with Gasteiger partial charge in [-0.05, 0) is 47.2 Å². The average molecular weight is 349 g/mol. The van der Waals surface area contributed by atoms with E-state index in [1.165, 1.54) is 0 Å². The molecule has 0 radical (unpaired) electrons. The number of piperazine rings is 1. The molecular formula is C15H17BrN4O. The molecule has 2 heterocycles. The van der Waals surface area contributed by atoms with Crippen molar-refractivity contribution in [2.45, 2.75) is 0 Å². The van der Waals surface area contributed by atoms with Crippen LogP contribution in [0.3, 0.4) is 0 Å². The summed E-state index contributed by atoms with van der Waals surface area (Å²) in [6, 6.07) is 7.64. The van der Waals surface area contributed by atoms with Crippen LogP contribution in [-0.2, 0) is 0 Å². The first kappa shape index (κ1) is 14.3. The van der Waals surface area contributed by atoms with Crippen LogP contribution in [-0.4, -0.2) is 58.5 Å². The van der Waals surface area contributed by atoms with Crippen LogP contribution in [0.25, 0.3) is 5.69 Å². The second kappa shape index (κ2) is 5.99. The van der Waals surface area contributed by atoms with E-state index in [4.69, 9.17) is 0 Å². The van der Waals surface area contributed by atoms with Crippen LogP contribution in [0.2, 0.25) is 0 Å². The molecule has 21 heavy (non-hydrogen) atoms. The van der Waals surface area contributed by atoms with Gasteiger partial charge >= 0.3 is 0 Å². The van der Waals surface area contributed by atoms with Gasteiger partial charge in [0, 0.05) is 43.6 Å². The van der Waals surface area contributed by atoms with Crippen LogP contribution in [0.5, 0.6) is 0 Å². The summed E-state index contributed by atoms with van der Waals surface area (Å²) in [4.78, 5) is 20.7. The Hall–Kier alpha value is -1.66. The molecule has 0 unspecified atom stereocenters. The molecule has 1 fully saturated rings. The maximum Gasteiger partial charge on any atom is 0.253 e. The molecule has 0 N–H and O–H groups in total. The van der Waals surface area contributed by atoms with Crippen molar-refractivity contribution in [1.82, 2.24) is 19.4 Å². The highest BCUT2D eigenvalue weighted by molar-refractivity contribution is 9.10. The van der Waals surface area contributed by atoms with Crippen LogP contribution >= 0.6 is 15.9 Å². The van der Waals surface area contributed by atoms with Crippen molar-refractivity contribution in [2.75, 3.05) is 33.2 Å².